The Hall–Kier alpha value is -1.89. The number of rotatable bonds is 7. The Balaban J connectivity index is 1.14. The van der Waals surface area contributed by atoms with Crippen LogP contribution in [-0.4, -0.2) is 25.9 Å². The molecule has 2 saturated carbocycles. The van der Waals surface area contributed by atoms with Gasteiger partial charge in [0, 0.05) is 12.7 Å². The molecule has 0 aromatic heterocycles. The maximum Gasteiger partial charge on any atom is 0.164 e. The number of halogens is 3. The molecule has 2 aromatic rings. The third-order valence-electron chi connectivity index (χ3n) is 7.96. The molecular formula is C28H33F3O3. The molecule has 34 heavy (non-hydrogen) atoms. The molecule has 0 radical (unpaired) electrons. The molecule has 3 nitrogen and oxygen atoms in total. The van der Waals surface area contributed by atoms with Gasteiger partial charge in [0.1, 0.15) is 11.9 Å². The number of methoxy groups -OCH3 is 1. The van der Waals surface area contributed by atoms with Gasteiger partial charge >= 0.3 is 0 Å². The van der Waals surface area contributed by atoms with E-state index in [-0.39, 0.29) is 48.1 Å². The molecule has 1 unspecified atom stereocenters. The highest BCUT2D eigenvalue weighted by Crippen LogP contribution is 2.39. The molecule has 3 aliphatic rings. The van der Waals surface area contributed by atoms with E-state index in [1.807, 2.05) is 12.1 Å². The third kappa shape index (κ3) is 5.19. The van der Waals surface area contributed by atoms with Crippen LogP contribution in [0, 0.1) is 17.5 Å². The zero-order valence-corrected chi connectivity index (χ0v) is 19.7. The van der Waals surface area contributed by atoms with Crippen molar-refractivity contribution < 1.29 is 27.4 Å². The normalized spacial score (nSPS) is 29.2. The quantitative estimate of drug-likeness (QED) is 0.402. The Morgan fingerprint density at radius 1 is 0.794 bits per heavy atom. The maximum atomic E-state index is 14.8. The molecule has 2 aliphatic carbocycles. The van der Waals surface area contributed by atoms with Crippen molar-refractivity contribution in [3.8, 4) is 0 Å². The molecule has 0 N–H and O–H groups in total. The highest BCUT2D eigenvalue weighted by molar-refractivity contribution is 5.31. The van der Waals surface area contributed by atoms with E-state index in [1.165, 1.54) is 0 Å². The van der Waals surface area contributed by atoms with Crippen LogP contribution in [-0.2, 0) is 20.8 Å². The van der Waals surface area contributed by atoms with Crippen LogP contribution < -0.4 is 0 Å². The van der Waals surface area contributed by atoms with Crippen molar-refractivity contribution in [2.45, 2.75) is 88.1 Å². The average molecular weight is 475 g/mol. The number of hydrogen-bond donors (Lipinski definition) is 0. The maximum absolute atomic E-state index is 14.8. The van der Waals surface area contributed by atoms with Crippen LogP contribution in [0.2, 0.25) is 0 Å². The van der Waals surface area contributed by atoms with Gasteiger partial charge in [-0.05, 0) is 86.0 Å². The minimum Gasteiger partial charge on any atom is -0.381 e. The van der Waals surface area contributed by atoms with Gasteiger partial charge in [-0.1, -0.05) is 24.3 Å². The summed E-state index contributed by atoms with van der Waals surface area (Å²) in [7, 11) is 1.70. The minimum absolute atomic E-state index is 0.0232. The molecule has 0 spiro atoms. The molecular weight excluding hydrogens is 441 g/mol. The third-order valence-corrected chi connectivity index (χ3v) is 7.96. The fourth-order valence-electron chi connectivity index (χ4n) is 5.70. The van der Waals surface area contributed by atoms with E-state index in [4.69, 9.17) is 14.2 Å². The number of hydrogen-bond acceptors (Lipinski definition) is 3. The summed E-state index contributed by atoms with van der Waals surface area (Å²) in [4.78, 5) is 0. The zero-order valence-electron chi connectivity index (χ0n) is 19.7. The summed E-state index contributed by atoms with van der Waals surface area (Å²) in [6.45, 7) is 0.725. The van der Waals surface area contributed by atoms with Gasteiger partial charge in [0.15, 0.2) is 11.6 Å². The monoisotopic (exact) mass is 474 g/mol. The van der Waals surface area contributed by atoms with Gasteiger partial charge in [-0.25, -0.2) is 13.2 Å². The lowest BCUT2D eigenvalue weighted by Gasteiger charge is -2.29. The summed E-state index contributed by atoms with van der Waals surface area (Å²) in [6.07, 6.45) is 6.82. The lowest BCUT2D eigenvalue weighted by atomic mass is 9.82. The van der Waals surface area contributed by atoms with E-state index in [0.29, 0.717) is 12.2 Å². The molecule has 1 aliphatic heterocycles. The molecule has 3 fully saturated rings. The van der Waals surface area contributed by atoms with Gasteiger partial charge < -0.3 is 14.2 Å². The van der Waals surface area contributed by atoms with E-state index in [2.05, 4.69) is 0 Å². The summed E-state index contributed by atoms with van der Waals surface area (Å²) >= 11 is 0. The van der Waals surface area contributed by atoms with E-state index in [1.54, 1.807) is 25.3 Å². The van der Waals surface area contributed by atoms with E-state index in [0.717, 1.165) is 62.5 Å². The second kappa shape index (κ2) is 10.4. The summed E-state index contributed by atoms with van der Waals surface area (Å²) < 4.78 is 60.8. The van der Waals surface area contributed by atoms with Crippen LogP contribution in [0.25, 0.3) is 0 Å². The second-order valence-electron chi connectivity index (χ2n) is 10.0. The lowest BCUT2D eigenvalue weighted by Crippen LogP contribution is -2.22. The summed E-state index contributed by atoms with van der Waals surface area (Å²) in [5.74, 6) is -1.48. The highest BCUT2D eigenvalue weighted by atomic mass is 19.2. The van der Waals surface area contributed by atoms with Crippen molar-refractivity contribution in [3.05, 3.63) is 70.0 Å². The van der Waals surface area contributed by atoms with Crippen molar-refractivity contribution >= 4 is 0 Å². The van der Waals surface area contributed by atoms with E-state index < -0.39 is 11.6 Å². The van der Waals surface area contributed by atoms with Crippen LogP contribution in [0.3, 0.4) is 0 Å². The smallest absolute Gasteiger partial charge is 0.164 e. The Labute approximate surface area is 199 Å². The van der Waals surface area contributed by atoms with E-state index >= 15 is 0 Å². The molecule has 1 heterocycles. The van der Waals surface area contributed by atoms with Gasteiger partial charge in [-0.15, -0.1) is 0 Å². The Morgan fingerprint density at radius 3 is 2.03 bits per heavy atom. The average Bonchev–Trinajstić information content (AvgIpc) is 3.71. The van der Waals surface area contributed by atoms with Crippen molar-refractivity contribution in [2.75, 3.05) is 13.7 Å². The summed E-state index contributed by atoms with van der Waals surface area (Å²) in [5.41, 5.74) is 2.39. The Bertz CT molecular complexity index is 991. The SMILES string of the molecule is COC1CCC(c2ccc(COC3CCC(c4ccc(C5CO5)cc4F)CC3)c(F)c2F)CC1. The van der Waals surface area contributed by atoms with Crippen LogP contribution in [0.4, 0.5) is 13.2 Å². The molecule has 6 heteroatoms. The molecule has 2 aromatic carbocycles. The van der Waals surface area contributed by atoms with Gasteiger partial charge in [0.25, 0.3) is 0 Å². The van der Waals surface area contributed by atoms with Gasteiger partial charge in [-0.3, -0.25) is 0 Å². The largest absolute Gasteiger partial charge is 0.381 e. The first-order valence-corrected chi connectivity index (χ1v) is 12.6. The first-order chi connectivity index (χ1) is 16.5. The first kappa shape index (κ1) is 23.8. The summed E-state index contributed by atoms with van der Waals surface area (Å²) in [5, 5.41) is 0. The second-order valence-corrected chi connectivity index (χ2v) is 10.0. The molecule has 5 rings (SSSR count). The minimum atomic E-state index is -0.790. The fraction of sp³-hybridized carbons (Fsp3) is 0.571. The van der Waals surface area contributed by atoms with Crippen molar-refractivity contribution in [1.82, 2.24) is 0 Å². The molecule has 0 bridgehead atoms. The topological polar surface area (TPSA) is 31.0 Å². The molecule has 0 amide bonds. The Morgan fingerprint density at radius 2 is 1.41 bits per heavy atom. The van der Waals surface area contributed by atoms with Crippen LogP contribution in [0.5, 0.6) is 0 Å². The number of epoxide rings is 1. The number of benzene rings is 2. The van der Waals surface area contributed by atoms with Crippen LogP contribution in [0.15, 0.2) is 30.3 Å². The highest BCUT2D eigenvalue weighted by Gasteiger charge is 2.29. The zero-order chi connectivity index (χ0) is 23.7. The summed E-state index contributed by atoms with van der Waals surface area (Å²) in [6, 6.07) is 8.84. The van der Waals surface area contributed by atoms with Crippen molar-refractivity contribution in [2.24, 2.45) is 0 Å². The van der Waals surface area contributed by atoms with Gasteiger partial charge in [0.2, 0.25) is 0 Å². The predicted molar refractivity (Wildman–Crippen MR) is 123 cm³/mol. The van der Waals surface area contributed by atoms with Crippen molar-refractivity contribution in [3.63, 3.8) is 0 Å². The first-order valence-electron chi connectivity index (χ1n) is 12.6. The fourth-order valence-corrected chi connectivity index (χ4v) is 5.70. The lowest BCUT2D eigenvalue weighted by molar-refractivity contribution is 0.0116. The van der Waals surface area contributed by atoms with Crippen LogP contribution in [0.1, 0.15) is 91.6 Å². The predicted octanol–water partition coefficient (Wildman–Crippen LogP) is 7.09. The molecule has 184 valence electrons. The van der Waals surface area contributed by atoms with Gasteiger partial charge in [-0.2, -0.15) is 0 Å². The van der Waals surface area contributed by atoms with Crippen molar-refractivity contribution in [1.29, 1.82) is 0 Å². The Kier molecular flexibility index (Phi) is 7.28. The standard InChI is InChI=1S/C28H33F3O3/c1-32-21-8-2-18(3-9-21)24-13-7-20(27(30)28(24)31)15-33-22-10-4-17(5-11-22)23-12-6-19(14-25(23)29)26-16-34-26/h6-7,12-14,17-18,21-22,26H,2-5,8-11,15-16H2,1H3. The number of ether oxygens (including phenoxy) is 3. The molecule has 1 saturated heterocycles. The van der Waals surface area contributed by atoms with E-state index in [9.17, 15) is 13.2 Å². The molecule has 1 atom stereocenters. The van der Waals surface area contributed by atoms with Crippen LogP contribution >= 0.6 is 0 Å². The van der Waals surface area contributed by atoms with Gasteiger partial charge in [0.05, 0.1) is 25.4 Å².